The molecule has 68 valence electrons. The summed E-state index contributed by atoms with van der Waals surface area (Å²) in [4.78, 5) is 3.83. The van der Waals surface area contributed by atoms with E-state index in [4.69, 9.17) is 4.55 Å². The molecule has 0 fully saturated rings. The molecule has 0 spiro atoms. The summed E-state index contributed by atoms with van der Waals surface area (Å²) in [5, 5.41) is 0.667. The lowest BCUT2D eigenvalue weighted by Crippen LogP contribution is -2.09. The van der Waals surface area contributed by atoms with Gasteiger partial charge in [0.2, 0.25) is 0 Å². The Morgan fingerprint density at radius 3 is 2.85 bits per heavy atom. The van der Waals surface area contributed by atoms with E-state index in [1.807, 2.05) is 0 Å². The molecule has 2 heterocycles. The Bertz CT molecular complexity index is 544. The standard InChI is InChI=1S/C7H6N2O3S/c10-13(11,12)9-5-3-6-2-1-4-8-7(6)9/h1-5H,(H,10,11,12). The number of fused-ring (bicyclic) bond motifs is 1. The highest BCUT2D eigenvalue weighted by atomic mass is 32.2. The molecule has 1 N–H and O–H groups in total. The Balaban J connectivity index is 2.87. The molecule has 0 aliphatic heterocycles. The summed E-state index contributed by atoms with van der Waals surface area (Å²) in [7, 11) is -4.23. The van der Waals surface area contributed by atoms with Gasteiger partial charge in [0.15, 0.2) is 5.65 Å². The third-order valence-electron chi connectivity index (χ3n) is 1.66. The predicted molar refractivity (Wildman–Crippen MR) is 46.7 cm³/mol. The van der Waals surface area contributed by atoms with Crippen LogP contribution in [-0.4, -0.2) is 21.9 Å². The van der Waals surface area contributed by atoms with Crippen LogP contribution in [0.25, 0.3) is 11.0 Å². The average molecular weight is 198 g/mol. The van der Waals surface area contributed by atoms with Gasteiger partial charge in [-0.2, -0.15) is 8.42 Å². The maximum atomic E-state index is 10.8. The van der Waals surface area contributed by atoms with Crippen LogP contribution in [0.2, 0.25) is 0 Å². The lowest BCUT2D eigenvalue weighted by atomic mass is 10.3. The van der Waals surface area contributed by atoms with E-state index >= 15 is 0 Å². The normalized spacial score (nSPS) is 12.1. The Labute approximate surface area is 74.5 Å². The first-order chi connectivity index (χ1) is 6.09. The first-order valence-electron chi connectivity index (χ1n) is 3.49. The molecule has 0 radical (unpaired) electrons. The number of nitrogens with zero attached hydrogens (tertiary/aromatic N) is 2. The van der Waals surface area contributed by atoms with Gasteiger partial charge in [-0.05, 0) is 18.2 Å². The van der Waals surface area contributed by atoms with Crippen LogP contribution in [0.5, 0.6) is 0 Å². The fourth-order valence-corrected chi connectivity index (χ4v) is 1.71. The quantitative estimate of drug-likeness (QED) is 0.684. The second-order valence-corrected chi connectivity index (χ2v) is 3.79. The van der Waals surface area contributed by atoms with E-state index in [0.717, 1.165) is 3.97 Å². The van der Waals surface area contributed by atoms with Crippen molar-refractivity contribution < 1.29 is 13.0 Å². The summed E-state index contributed by atoms with van der Waals surface area (Å²) in [6.45, 7) is 0. The number of aromatic nitrogens is 2. The summed E-state index contributed by atoms with van der Waals surface area (Å²) < 4.78 is 31.1. The molecule has 6 heteroatoms. The zero-order chi connectivity index (χ0) is 9.47. The molecule has 0 saturated heterocycles. The number of pyridine rings is 1. The minimum atomic E-state index is -4.23. The molecular formula is C7H6N2O3S. The number of hydrogen-bond donors (Lipinski definition) is 1. The van der Waals surface area contributed by atoms with Crippen LogP contribution < -0.4 is 0 Å². The lowest BCUT2D eigenvalue weighted by molar-refractivity contribution is 0.474. The zero-order valence-electron chi connectivity index (χ0n) is 6.45. The van der Waals surface area contributed by atoms with E-state index in [-0.39, 0.29) is 5.65 Å². The topological polar surface area (TPSA) is 72.2 Å². The Morgan fingerprint density at radius 1 is 1.38 bits per heavy atom. The van der Waals surface area contributed by atoms with Gasteiger partial charge in [0, 0.05) is 17.8 Å². The van der Waals surface area contributed by atoms with Gasteiger partial charge in [0.1, 0.15) is 0 Å². The van der Waals surface area contributed by atoms with Crippen molar-refractivity contribution in [2.45, 2.75) is 0 Å². The van der Waals surface area contributed by atoms with Crippen LogP contribution in [0.1, 0.15) is 0 Å². The first-order valence-corrected chi connectivity index (χ1v) is 4.89. The van der Waals surface area contributed by atoms with E-state index in [1.54, 1.807) is 18.2 Å². The van der Waals surface area contributed by atoms with Crippen molar-refractivity contribution in [2.24, 2.45) is 0 Å². The first kappa shape index (κ1) is 8.21. The van der Waals surface area contributed by atoms with Crippen LogP contribution in [-0.2, 0) is 10.3 Å². The number of rotatable bonds is 1. The van der Waals surface area contributed by atoms with Crippen LogP contribution in [0.4, 0.5) is 0 Å². The lowest BCUT2D eigenvalue weighted by Gasteiger charge is -1.97. The van der Waals surface area contributed by atoms with Gasteiger partial charge in [-0.1, -0.05) is 0 Å². The molecule has 2 rings (SSSR count). The molecule has 0 atom stereocenters. The molecule has 0 bridgehead atoms. The van der Waals surface area contributed by atoms with Crippen molar-refractivity contribution in [2.75, 3.05) is 0 Å². The van der Waals surface area contributed by atoms with Gasteiger partial charge >= 0.3 is 10.3 Å². The fraction of sp³-hybridized carbons (Fsp3) is 0. The van der Waals surface area contributed by atoms with Crippen LogP contribution in [0, 0.1) is 0 Å². The summed E-state index contributed by atoms with van der Waals surface area (Å²) in [6, 6.07) is 4.97. The van der Waals surface area contributed by atoms with Crippen LogP contribution >= 0.6 is 0 Å². The average Bonchev–Trinajstić information content (AvgIpc) is 2.45. The Hall–Kier alpha value is -1.40. The van der Waals surface area contributed by atoms with Crippen molar-refractivity contribution >= 4 is 21.3 Å². The van der Waals surface area contributed by atoms with Crippen molar-refractivity contribution in [1.82, 2.24) is 8.96 Å². The molecule has 5 nitrogen and oxygen atoms in total. The smallest absolute Gasteiger partial charge is 0.269 e. The zero-order valence-corrected chi connectivity index (χ0v) is 7.27. The highest BCUT2D eigenvalue weighted by Crippen LogP contribution is 2.13. The monoisotopic (exact) mass is 198 g/mol. The molecule has 2 aromatic heterocycles. The summed E-state index contributed by atoms with van der Waals surface area (Å²) in [6.07, 6.45) is 2.72. The van der Waals surface area contributed by atoms with Gasteiger partial charge in [-0.25, -0.2) is 8.96 Å². The fourth-order valence-electron chi connectivity index (χ4n) is 1.13. The molecule has 0 saturated carbocycles. The molecule has 0 aliphatic rings. The van der Waals surface area contributed by atoms with Crippen LogP contribution in [0.3, 0.4) is 0 Å². The molecular weight excluding hydrogens is 192 g/mol. The summed E-state index contributed by atoms with van der Waals surface area (Å²) >= 11 is 0. The Kier molecular flexibility index (Phi) is 1.61. The van der Waals surface area contributed by atoms with Crippen molar-refractivity contribution in [3.8, 4) is 0 Å². The third-order valence-corrected chi connectivity index (χ3v) is 2.46. The second-order valence-electron chi connectivity index (χ2n) is 2.51. The van der Waals surface area contributed by atoms with Gasteiger partial charge in [0.25, 0.3) is 0 Å². The van der Waals surface area contributed by atoms with Crippen molar-refractivity contribution in [1.29, 1.82) is 0 Å². The van der Waals surface area contributed by atoms with E-state index in [2.05, 4.69) is 4.98 Å². The summed E-state index contributed by atoms with van der Waals surface area (Å²) in [5.74, 6) is 0. The highest BCUT2D eigenvalue weighted by Gasteiger charge is 2.11. The molecule has 0 amide bonds. The molecule has 0 unspecified atom stereocenters. The van der Waals surface area contributed by atoms with E-state index in [9.17, 15) is 8.42 Å². The minimum Gasteiger partial charge on any atom is -0.269 e. The summed E-state index contributed by atoms with van der Waals surface area (Å²) in [5.41, 5.74) is 0.227. The van der Waals surface area contributed by atoms with Crippen LogP contribution in [0.15, 0.2) is 30.6 Å². The molecule has 2 aromatic rings. The SMILES string of the molecule is O=S(=O)(O)n1ccc2cccnc21. The van der Waals surface area contributed by atoms with Crippen molar-refractivity contribution in [3.05, 3.63) is 30.6 Å². The van der Waals surface area contributed by atoms with Gasteiger partial charge < -0.3 is 0 Å². The van der Waals surface area contributed by atoms with Gasteiger partial charge in [0.05, 0.1) is 0 Å². The number of hydrogen-bond acceptors (Lipinski definition) is 3. The van der Waals surface area contributed by atoms with Crippen molar-refractivity contribution in [3.63, 3.8) is 0 Å². The third kappa shape index (κ3) is 1.30. The van der Waals surface area contributed by atoms with E-state index in [0.29, 0.717) is 5.39 Å². The largest absolute Gasteiger partial charge is 0.365 e. The minimum absolute atomic E-state index is 0.227. The van der Waals surface area contributed by atoms with Gasteiger partial charge in [-0.3, -0.25) is 4.55 Å². The Morgan fingerprint density at radius 2 is 2.15 bits per heavy atom. The highest BCUT2D eigenvalue weighted by molar-refractivity contribution is 7.84. The van der Waals surface area contributed by atoms with Gasteiger partial charge in [-0.15, -0.1) is 0 Å². The molecule has 0 aliphatic carbocycles. The van der Waals surface area contributed by atoms with E-state index < -0.39 is 10.3 Å². The molecule has 0 aromatic carbocycles. The maximum absolute atomic E-state index is 10.8. The second kappa shape index (κ2) is 2.54. The van der Waals surface area contributed by atoms with E-state index in [1.165, 1.54) is 12.4 Å². The molecule has 13 heavy (non-hydrogen) atoms. The maximum Gasteiger partial charge on any atom is 0.365 e. The predicted octanol–water partition coefficient (Wildman–Crippen LogP) is 0.687.